The molecule has 0 amide bonds. The molecule has 0 fully saturated rings. The third-order valence-electron chi connectivity index (χ3n) is 3.10. The number of nitrogens with zero attached hydrogens (tertiary/aromatic N) is 1. The fraction of sp³-hybridized carbons (Fsp3) is 0.267. The Morgan fingerprint density at radius 1 is 1.35 bits per heavy atom. The molecule has 0 saturated carbocycles. The Labute approximate surface area is 121 Å². The van der Waals surface area contributed by atoms with E-state index in [0.29, 0.717) is 5.13 Å². The zero-order valence-electron chi connectivity index (χ0n) is 11.7. The third kappa shape index (κ3) is 2.14. The lowest BCUT2D eigenvalue weighted by Crippen LogP contribution is -2.05. The number of H-pyrrole nitrogens is 1. The average Bonchev–Trinajstić information content (AvgIpc) is 2.92. The number of ether oxygens (including phenoxy) is 1. The highest BCUT2D eigenvalue weighted by molar-refractivity contribution is 7.15. The predicted octanol–water partition coefficient (Wildman–Crippen LogP) is 3.97. The lowest BCUT2D eigenvalue weighted by atomic mass is 10.1. The molecule has 0 aliphatic heterocycles. The van der Waals surface area contributed by atoms with Gasteiger partial charge in [-0.25, -0.2) is 4.98 Å². The van der Waals surface area contributed by atoms with Gasteiger partial charge in [-0.1, -0.05) is 6.07 Å². The molecule has 4 nitrogen and oxygen atoms in total. The zero-order valence-corrected chi connectivity index (χ0v) is 12.5. The Hall–Kier alpha value is -2.01. The van der Waals surface area contributed by atoms with Gasteiger partial charge in [0.05, 0.1) is 17.2 Å². The van der Waals surface area contributed by atoms with Crippen molar-refractivity contribution in [3.63, 3.8) is 0 Å². The quantitative estimate of drug-likeness (QED) is 0.766. The molecule has 0 spiro atoms. The number of aromatic nitrogens is 2. The normalized spacial score (nSPS) is 11.4. The largest absolute Gasteiger partial charge is 0.490 e. The molecule has 0 aliphatic rings. The maximum atomic E-state index is 5.92. The van der Waals surface area contributed by atoms with Gasteiger partial charge in [-0.2, -0.15) is 0 Å². The van der Waals surface area contributed by atoms with Gasteiger partial charge in [0, 0.05) is 22.2 Å². The summed E-state index contributed by atoms with van der Waals surface area (Å²) in [7, 11) is 0. The second-order valence-electron chi connectivity index (χ2n) is 5.00. The first-order chi connectivity index (χ1) is 9.56. The van der Waals surface area contributed by atoms with E-state index in [4.69, 9.17) is 10.5 Å². The van der Waals surface area contributed by atoms with Gasteiger partial charge in [0.2, 0.25) is 0 Å². The highest BCUT2D eigenvalue weighted by atomic mass is 32.1. The number of fused-ring (bicyclic) bond motifs is 1. The topological polar surface area (TPSA) is 63.9 Å². The fourth-order valence-electron chi connectivity index (χ4n) is 2.36. The maximum absolute atomic E-state index is 5.92. The summed E-state index contributed by atoms with van der Waals surface area (Å²) in [5, 5.41) is 1.66. The molecule has 104 valence electrons. The van der Waals surface area contributed by atoms with Crippen LogP contribution in [0.5, 0.6) is 5.75 Å². The molecule has 0 bridgehead atoms. The summed E-state index contributed by atoms with van der Waals surface area (Å²) in [5.74, 6) is 0.875. The lowest BCUT2D eigenvalue weighted by molar-refractivity contribution is 0.245. The van der Waals surface area contributed by atoms with E-state index >= 15 is 0 Å². The summed E-state index contributed by atoms with van der Waals surface area (Å²) in [4.78, 5) is 8.84. The van der Waals surface area contributed by atoms with Gasteiger partial charge in [0.1, 0.15) is 5.75 Å². The lowest BCUT2D eigenvalue weighted by Gasteiger charge is -2.11. The molecule has 5 heteroatoms. The van der Waals surface area contributed by atoms with Crippen molar-refractivity contribution in [1.82, 2.24) is 9.97 Å². The number of rotatable bonds is 3. The molecule has 3 aromatic rings. The van der Waals surface area contributed by atoms with Crippen LogP contribution in [0.4, 0.5) is 5.13 Å². The first-order valence-corrected chi connectivity index (χ1v) is 7.38. The van der Waals surface area contributed by atoms with Gasteiger partial charge in [-0.15, -0.1) is 11.3 Å². The standard InChI is InChI=1S/C15H17N3OS/c1-8(2)19-12-6-4-5-11-13(12)10(7-17-11)14-9(3)20-15(16)18-14/h4-8,17H,1-3H3,(H2,16,18). The number of aromatic amines is 1. The minimum Gasteiger partial charge on any atom is -0.490 e. The SMILES string of the molecule is Cc1sc(N)nc1-c1c[nH]c2cccc(OC(C)C)c12. The van der Waals surface area contributed by atoms with Crippen molar-refractivity contribution in [2.45, 2.75) is 26.9 Å². The molecule has 1 aromatic carbocycles. The van der Waals surface area contributed by atoms with Gasteiger partial charge in [-0.05, 0) is 32.9 Å². The number of benzene rings is 1. The first kappa shape index (κ1) is 13.0. The number of aryl methyl sites for hydroxylation is 1. The van der Waals surface area contributed by atoms with Crippen molar-refractivity contribution in [3.05, 3.63) is 29.3 Å². The highest BCUT2D eigenvalue weighted by Crippen LogP contribution is 2.38. The summed E-state index contributed by atoms with van der Waals surface area (Å²) in [6, 6.07) is 6.02. The van der Waals surface area contributed by atoms with E-state index in [1.165, 1.54) is 11.3 Å². The Kier molecular flexibility index (Phi) is 3.14. The van der Waals surface area contributed by atoms with Crippen molar-refractivity contribution >= 4 is 27.4 Å². The van der Waals surface area contributed by atoms with Crippen LogP contribution in [0.3, 0.4) is 0 Å². The van der Waals surface area contributed by atoms with Crippen molar-refractivity contribution in [2.75, 3.05) is 5.73 Å². The monoisotopic (exact) mass is 287 g/mol. The molecule has 0 atom stereocenters. The second-order valence-corrected chi connectivity index (χ2v) is 6.24. The van der Waals surface area contributed by atoms with E-state index in [9.17, 15) is 0 Å². The highest BCUT2D eigenvalue weighted by Gasteiger charge is 2.16. The number of nitrogens with two attached hydrogens (primary N) is 1. The third-order valence-corrected chi connectivity index (χ3v) is 3.90. The van der Waals surface area contributed by atoms with E-state index in [1.54, 1.807) is 0 Å². The summed E-state index contributed by atoms with van der Waals surface area (Å²) >= 11 is 1.51. The molecule has 0 radical (unpaired) electrons. The van der Waals surface area contributed by atoms with Crippen LogP contribution >= 0.6 is 11.3 Å². The molecule has 0 aliphatic carbocycles. The van der Waals surface area contributed by atoms with Crippen LogP contribution in [0, 0.1) is 6.92 Å². The summed E-state index contributed by atoms with van der Waals surface area (Å²) in [6.45, 7) is 6.09. The number of anilines is 1. The molecule has 3 rings (SSSR count). The van der Waals surface area contributed by atoms with Crippen LogP contribution in [-0.2, 0) is 0 Å². The van der Waals surface area contributed by atoms with Crippen molar-refractivity contribution in [3.8, 4) is 17.0 Å². The van der Waals surface area contributed by atoms with Crippen LogP contribution in [-0.4, -0.2) is 16.1 Å². The number of nitrogens with one attached hydrogen (secondary N) is 1. The molecular weight excluding hydrogens is 270 g/mol. The smallest absolute Gasteiger partial charge is 0.180 e. The zero-order chi connectivity index (χ0) is 14.3. The molecule has 0 unspecified atom stereocenters. The minimum absolute atomic E-state index is 0.130. The Balaban J connectivity index is 2.24. The fourth-order valence-corrected chi connectivity index (χ4v) is 3.06. The summed E-state index contributed by atoms with van der Waals surface area (Å²) in [5.41, 5.74) is 8.83. The second kappa shape index (κ2) is 4.83. The molecule has 3 N–H and O–H groups in total. The Morgan fingerprint density at radius 2 is 2.15 bits per heavy atom. The van der Waals surface area contributed by atoms with Crippen LogP contribution in [0.25, 0.3) is 22.2 Å². The van der Waals surface area contributed by atoms with Crippen molar-refractivity contribution < 1.29 is 4.74 Å². The predicted molar refractivity (Wildman–Crippen MR) is 84.3 cm³/mol. The molecule has 2 aromatic heterocycles. The number of hydrogen-bond acceptors (Lipinski definition) is 4. The first-order valence-electron chi connectivity index (χ1n) is 6.56. The molecular formula is C15H17N3OS. The molecule has 0 saturated heterocycles. The number of nitrogen functional groups attached to an aromatic ring is 1. The van der Waals surface area contributed by atoms with E-state index in [-0.39, 0.29) is 6.10 Å². The Morgan fingerprint density at radius 3 is 2.80 bits per heavy atom. The van der Waals surface area contributed by atoms with Crippen molar-refractivity contribution in [1.29, 1.82) is 0 Å². The van der Waals surface area contributed by atoms with Gasteiger partial charge < -0.3 is 15.5 Å². The van der Waals surface area contributed by atoms with Gasteiger partial charge in [0.15, 0.2) is 5.13 Å². The number of thiazole rings is 1. The van der Waals surface area contributed by atoms with E-state index < -0.39 is 0 Å². The van der Waals surface area contributed by atoms with Crippen LogP contribution < -0.4 is 10.5 Å². The maximum Gasteiger partial charge on any atom is 0.180 e. The number of hydrogen-bond donors (Lipinski definition) is 2. The van der Waals surface area contributed by atoms with Crippen LogP contribution in [0.1, 0.15) is 18.7 Å². The Bertz CT molecular complexity index is 758. The summed E-state index contributed by atoms with van der Waals surface area (Å²) in [6.07, 6.45) is 2.10. The van der Waals surface area contributed by atoms with E-state index in [2.05, 4.69) is 9.97 Å². The summed E-state index contributed by atoms with van der Waals surface area (Å²) < 4.78 is 5.92. The van der Waals surface area contributed by atoms with Gasteiger partial charge in [0.25, 0.3) is 0 Å². The minimum atomic E-state index is 0.130. The average molecular weight is 287 g/mol. The molecule has 20 heavy (non-hydrogen) atoms. The van der Waals surface area contributed by atoms with E-state index in [0.717, 1.165) is 32.8 Å². The van der Waals surface area contributed by atoms with E-state index in [1.807, 2.05) is 45.2 Å². The van der Waals surface area contributed by atoms with Crippen LogP contribution in [0.2, 0.25) is 0 Å². The van der Waals surface area contributed by atoms with Gasteiger partial charge >= 0.3 is 0 Å². The van der Waals surface area contributed by atoms with Crippen LogP contribution in [0.15, 0.2) is 24.4 Å². The van der Waals surface area contributed by atoms with Gasteiger partial charge in [-0.3, -0.25) is 0 Å². The molecule has 2 heterocycles. The van der Waals surface area contributed by atoms with Crippen molar-refractivity contribution in [2.24, 2.45) is 0 Å².